The normalized spacial score (nSPS) is 11.7. The van der Waals surface area contributed by atoms with Crippen LogP contribution in [-0.2, 0) is 0 Å². The first-order valence-corrected chi connectivity index (χ1v) is 18.2. The molecular weight excluding hydrogens is 661 g/mol. The molecular formula is C50H32N2O2. The zero-order chi connectivity index (χ0) is 35.6. The van der Waals surface area contributed by atoms with E-state index >= 15 is 0 Å². The minimum absolute atomic E-state index is 0.871. The predicted molar refractivity (Wildman–Crippen MR) is 225 cm³/mol. The number of nitrogens with zero attached hydrogens (tertiary/aromatic N) is 2. The van der Waals surface area contributed by atoms with E-state index in [1.807, 2.05) is 24.3 Å². The third-order valence-electron chi connectivity index (χ3n) is 10.6. The maximum absolute atomic E-state index is 6.27. The average molecular weight is 693 g/mol. The summed E-state index contributed by atoms with van der Waals surface area (Å²) < 4.78 is 12.5. The molecule has 2 aromatic heterocycles. The van der Waals surface area contributed by atoms with Gasteiger partial charge in [-0.2, -0.15) is 0 Å². The number of furan rings is 2. The van der Waals surface area contributed by atoms with Crippen LogP contribution >= 0.6 is 0 Å². The van der Waals surface area contributed by atoms with Gasteiger partial charge >= 0.3 is 0 Å². The second-order valence-corrected chi connectivity index (χ2v) is 13.8. The van der Waals surface area contributed by atoms with Crippen LogP contribution in [-0.4, -0.2) is 0 Å². The van der Waals surface area contributed by atoms with Gasteiger partial charge in [0.2, 0.25) is 0 Å². The van der Waals surface area contributed by atoms with Crippen LogP contribution in [0.2, 0.25) is 0 Å². The van der Waals surface area contributed by atoms with Crippen molar-refractivity contribution in [1.29, 1.82) is 0 Å². The number of hydrogen-bond donors (Lipinski definition) is 0. The molecule has 54 heavy (non-hydrogen) atoms. The molecule has 11 rings (SSSR count). The molecule has 0 aliphatic heterocycles. The van der Waals surface area contributed by atoms with Crippen molar-refractivity contribution in [1.82, 2.24) is 0 Å². The Morgan fingerprint density at radius 2 is 0.722 bits per heavy atom. The van der Waals surface area contributed by atoms with E-state index < -0.39 is 0 Å². The molecule has 254 valence electrons. The van der Waals surface area contributed by atoms with Gasteiger partial charge in [-0.3, -0.25) is 0 Å². The molecule has 9 aromatic carbocycles. The lowest BCUT2D eigenvalue weighted by atomic mass is 9.99. The lowest BCUT2D eigenvalue weighted by Gasteiger charge is -2.29. The second-order valence-electron chi connectivity index (χ2n) is 13.8. The fraction of sp³-hybridized carbons (Fsp3) is 0. The van der Waals surface area contributed by atoms with Gasteiger partial charge in [0.15, 0.2) is 0 Å². The van der Waals surface area contributed by atoms with Crippen LogP contribution in [0.1, 0.15) is 0 Å². The molecule has 0 aliphatic carbocycles. The van der Waals surface area contributed by atoms with Crippen molar-refractivity contribution in [3.8, 4) is 0 Å². The summed E-state index contributed by atoms with van der Waals surface area (Å²) in [5, 5.41) is 9.19. The van der Waals surface area contributed by atoms with E-state index in [-0.39, 0.29) is 0 Å². The van der Waals surface area contributed by atoms with E-state index in [0.29, 0.717) is 0 Å². The molecule has 4 heteroatoms. The van der Waals surface area contributed by atoms with Gasteiger partial charge in [0.05, 0.1) is 0 Å². The van der Waals surface area contributed by atoms with Gasteiger partial charge in [0.25, 0.3) is 0 Å². The van der Waals surface area contributed by atoms with Crippen LogP contribution in [0.3, 0.4) is 0 Å². The second kappa shape index (κ2) is 12.1. The van der Waals surface area contributed by atoms with Gasteiger partial charge in [0, 0.05) is 55.7 Å². The van der Waals surface area contributed by atoms with Gasteiger partial charge in [-0.25, -0.2) is 0 Å². The highest BCUT2D eigenvalue weighted by Gasteiger charge is 2.19. The summed E-state index contributed by atoms with van der Waals surface area (Å²) in [4.78, 5) is 4.66. The number of benzene rings is 9. The maximum atomic E-state index is 6.27. The summed E-state index contributed by atoms with van der Waals surface area (Å²) >= 11 is 0. The van der Waals surface area contributed by atoms with Gasteiger partial charge < -0.3 is 18.6 Å². The highest BCUT2D eigenvalue weighted by Crippen LogP contribution is 2.43. The van der Waals surface area contributed by atoms with E-state index in [0.717, 1.165) is 83.4 Å². The Balaban J connectivity index is 1.11. The minimum atomic E-state index is 0.871. The van der Waals surface area contributed by atoms with E-state index in [2.05, 4.69) is 180 Å². The molecule has 0 spiro atoms. The Kier molecular flexibility index (Phi) is 6.82. The molecule has 0 saturated heterocycles. The van der Waals surface area contributed by atoms with Crippen LogP contribution in [0, 0.1) is 0 Å². The van der Waals surface area contributed by atoms with Crippen LogP contribution in [0.15, 0.2) is 203 Å². The maximum Gasteiger partial charge on any atom is 0.136 e. The first kappa shape index (κ1) is 30.3. The van der Waals surface area contributed by atoms with E-state index in [1.54, 1.807) is 0 Å². The molecule has 0 saturated carbocycles. The SMILES string of the molecule is c1ccc(N(c2ccccc2)c2cccc(N(c3ccc4c(ccc5cc6oc7ccccc7c6cc54)c3)c3ccc4oc5ccccc5c4c3)c2)cc1. The molecule has 0 bridgehead atoms. The third kappa shape index (κ3) is 4.92. The molecule has 0 N–H and O–H groups in total. The highest BCUT2D eigenvalue weighted by atomic mass is 16.3. The summed E-state index contributed by atoms with van der Waals surface area (Å²) in [5.41, 5.74) is 9.98. The topological polar surface area (TPSA) is 32.8 Å². The summed E-state index contributed by atoms with van der Waals surface area (Å²) in [6.45, 7) is 0. The quantitative estimate of drug-likeness (QED) is 0.162. The lowest BCUT2D eigenvalue weighted by Crippen LogP contribution is -2.13. The number of hydrogen-bond acceptors (Lipinski definition) is 4. The summed E-state index contributed by atoms with van der Waals surface area (Å²) in [5.74, 6) is 0. The standard InChI is InChI=1S/C50H32N2O2/c1-3-12-35(13-4-1)51(36-14-5-2-6-15-36)37-16-11-17-38(30-37)52(40-25-27-49-45(31-40)42-18-7-9-20-47(42)53-49)39-24-26-41-33(28-39)22-23-34-29-50-46(32-44(34)41)43-19-8-10-21-48(43)54-50/h1-32H. The van der Waals surface area contributed by atoms with Crippen molar-refractivity contribution < 1.29 is 8.83 Å². The van der Waals surface area contributed by atoms with Crippen molar-refractivity contribution in [2.75, 3.05) is 9.80 Å². The molecule has 0 amide bonds. The summed E-state index contributed by atoms with van der Waals surface area (Å²) in [6.07, 6.45) is 0. The molecule has 11 aromatic rings. The Morgan fingerprint density at radius 1 is 0.241 bits per heavy atom. The Bertz CT molecular complexity index is 3140. The minimum Gasteiger partial charge on any atom is -0.456 e. The van der Waals surface area contributed by atoms with Crippen molar-refractivity contribution in [3.63, 3.8) is 0 Å². The highest BCUT2D eigenvalue weighted by molar-refractivity contribution is 6.17. The zero-order valence-corrected chi connectivity index (χ0v) is 29.2. The van der Waals surface area contributed by atoms with Crippen molar-refractivity contribution in [2.24, 2.45) is 0 Å². The van der Waals surface area contributed by atoms with Gasteiger partial charge in [0.1, 0.15) is 22.3 Å². The zero-order valence-electron chi connectivity index (χ0n) is 29.2. The summed E-state index contributed by atoms with van der Waals surface area (Å²) in [7, 11) is 0. The van der Waals surface area contributed by atoms with Gasteiger partial charge in [-0.05, 0) is 119 Å². The van der Waals surface area contributed by atoms with E-state index in [4.69, 9.17) is 8.83 Å². The van der Waals surface area contributed by atoms with Crippen molar-refractivity contribution >= 4 is 99.5 Å². The van der Waals surface area contributed by atoms with Crippen molar-refractivity contribution in [3.05, 3.63) is 194 Å². The lowest BCUT2D eigenvalue weighted by molar-refractivity contribution is 0.668. The van der Waals surface area contributed by atoms with Gasteiger partial charge in [-0.15, -0.1) is 0 Å². The fourth-order valence-corrected chi connectivity index (χ4v) is 8.08. The number of para-hydroxylation sites is 4. The molecule has 4 nitrogen and oxygen atoms in total. The van der Waals surface area contributed by atoms with E-state index in [1.165, 1.54) is 16.2 Å². The molecule has 0 radical (unpaired) electrons. The Hall–Kier alpha value is -7.30. The monoisotopic (exact) mass is 692 g/mol. The van der Waals surface area contributed by atoms with Crippen LogP contribution < -0.4 is 9.80 Å². The number of fused-ring (bicyclic) bond motifs is 9. The van der Waals surface area contributed by atoms with Crippen LogP contribution in [0.25, 0.3) is 65.4 Å². The Labute approximate surface area is 311 Å². The fourth-order valence-electron chi connectivity index (χ4n) is 8.08. The Morgan fingerprint density at radius 3 is 1.41 bits per heavy atom. The predicted octanol–water partition coefficient (Wildman–Crippen LogP) is 14.7. The molecule has 0 unspecified atom stereocenters. The average Bonchev–Trinajstić information content (AvgIpc) is 3.79. The number of rotatable bonds is 6. The molecule has 2 heterocycles. The largest absolute Gasteiger partial charge is 0.456 e. The van der Waals surface area contributed by atoms with Crippen molar-refractivity contribution in [2.45, 2.75) is 0 Å². The first-order valence-electron chi connectivity index (χ1n) is 18.2. The first-order chi connectivity index (χ1) is 26.7. The summed E-state index contributed by atoms with van der Waals surface area (Å²) in [6, 6.07) is 68.7. The molecule has 0 fully saturated rings. The number of anilines is 6. The third-order valence-corrected chi connectivity index (χ3v) is 10.6. The van der Waals surface area contributed by atoms with E-state index in [9.17, 15) is 0 Å². The van der Waals surface area contributed by atoms with Gasteiger partial charge in [-0.1, -0.05) is 97.1 Å². The molecule has 0 aliphatic rings. The smallest absolute Gasteiger partial charge is 0.136 e. The van der Waals surface area contributed by atoms with Crippen LogP contribution in [0.5, 0.6) is 0 Å². The molecule has 0 atom stereocenters. The van der Waals surface area contributed by atoms with Crippen LogP contribution in [0.4, 0.5) is 34.1 Å².